The summed E-state index contributed by atoms with van der Waals surface area (Å²) in [5.74, 6) is -2.00. The Morgan fingerprint density at radius 3 is 2.26 bits per heavy atom. The van der Waals surface area contributed by atoms with Crippen molar-refractivity contribution in [2.45, 2.75) is 18.7 Å². The number of methoxy groups -OCH3 is 1. The number of carbonyl (C=O) groups is 2. The van der Waals surface area contributed by atoms with Crippen LogP contribution in [0.15, 0.2) is 47.4 Å². The summed E-state index contributed by atoms with van der Waals surface area (Å²) in [5, 5.41) is 2.57. The predicted octanol–water partition coefficient (Wildman–Crippen LogP) is 1.77. The number of ether oxygens (including phenoxy) is 1. The zero-order chi connectivity index (χ0) is 23.0. The molecule has 0 aliphatic carbocycles. The maximum absolute atomic E-state index is 13.0. The highest BCUT2D eigenvalue weighted by molar-refractivity contribution is 7.94. The third kappa shape index (κ3) is 4.64. The van der Waals surface area contributed by atoms with E-state index in [0.29, 0.717) is 9.99 Å². The molecule has 2 amide bonds. The van der Waals surface area contributed by atoms with Crippen molar-refractivity contribution in [1.29, 1.82) is 0 Å². The van der Waals surface area contributed by atoms with Gasteiger partial charge in [0.1, 0.15) is 10.6 Å². The van der Waals surface area contributed by atoms with Crippen LogP contribution >= 0.6 is 0 Å². The molecule has 0 aromatic heterocycles. The highest BCUT2D eigenvalue weighted by atomic mass is 32.2. The van der Waals surface area contributed by atoms with Crippen LogP contribution in [0.3, 0.4) is 0 Å². The lowest BCUT2D eigenvalue weighted by atomic mass is 10.2. The van der Waals surface area contributed by atoms with Gasteiger partial charge in [-0.2, -0.15) is 0 Å². The van der Waals surface area contributed by atoms with Crippen molar-refractivity contribution in [3.63, 3.8) is 0 Å². The normalized spacial score (nSPS) is 18.0. The molecule has 2 aromatic carbocycles. The number of benzene rings is 2. The van der Waals surface area contributed by atoms with Gasteiger partial charge in [-0.25, -0.2) is 21.1 Å². The lowest BCUT2D eigenvalue weighted by molar-refractivity contribution is -0.119. The first-order valence-corrected chi connectivity index (χ1v) is 12.2. The fourth-order valence-electron chi connectivity index (χ4n) is 3.12. The Balaban J connectivity index is 1.98. The molecule has 10 nitrogen and oxygen atoms in total. The Morgan fingerprint density at radius 2 is 1.74 bits per heavy atom. The molecule has 31 heavy (non-hydrogen) atoms. The summed E-state index contributed by atoms with van der Waals surface area (Å²) in [7, 11) is -6.83. The number of nitrogens with one attached hydrogen (secondary N) is 2. The van der Waals surface area contributed by atoms with E-state index in [4.69, 9.17) is 4.74 Å². The van der Waals surface area contributed by atoms with E-state index in [9.17, 15) is 26.4 Å². The minimum atomic E-state index is -4.21. The molecule has 1 aliphatic rings. The van der Waals surface area contributed by atoms with E-state index in [1.807, 2.05) is 0 Å². The highest BCUT2D eigenvalue weighted by Crippen LogP contribution is 2.34. The number of nitrogens with zero attached hydrogens (tertiary/aromatic N) is 1. The van der Waals surface area contributed by atoms with Crippen LogP contribution in [0.5, 0.6) is 5.75 Å². The van der Waals surface area contributed by atoms with E-state index in [1.54, 1.807) is 0 Å². The molecule has 0 radical (unpaired) electrons. The first-order valence-electron chi connectivity index (χ1n) is 9.10. The van der Waals surface area contributed by atoms with Crippen molar-refractivity contribution >= 4 is 48.9 Å². The van der Waals surface area contributed by atoms with Gasteiger partial charge < -0.3 is 10.1 Å². The molecular weight excluding hydrogens is 446 g/mol. The van der Waals surface area contributed by atoms with Crippen LogP contribution in [0, 0.1) is 5.92 Å². The SMILES string of the molecule is COc1ccc(N2C(=O)[C@H](C)CS2(=O)=O)cc1S(=O)(=O)Nc1ccc(NC(C)=O)cc1. The van der Waals surface area contributed by atoms with Gasteiger partial charge in [0.25, 0.3) is 10.0 Å². The van der Waals surface area contributed by atoms with Gasteiger partial charge in [0.15, 0.2) is 0 Å². The monoisotopic (exact) mass is 467 g/mol. The molecule has 1 atom stereocenters. The van der Waals surface area contributed by atoms with Crippen LogP contribution in [0.1, 0.15) is 13.8 Å². The average Bonchev–Trinajstić information content (AvgIpc) is 2.89. The third-order valence-electron chi connectivity index (χ3n) is 4.49. The Labute approximate surface area is 180 Å². The summed E-state index contributed by atoms with van der Waals surface area (Å²) in [6.07, 6.45) is 0. The molecule has 12 heteroatoms. The quantitative estimate of drug-likeness (QED) is 0.660. The standard InChI is InChI=1S/C19H21N3O7S2/c1-12-11-30(25,26)22(19(12)24)16-8-9-17(29-3)18(10-16)31(27,28)21-15-6-4-14(5-7-15)20-13(2)23/h4-10,12,21H,11H2,1-3H3,(H,20,23)/t12-/m1/s1. The largest absolute Gasteiger partial charge is 0.495 e. The van der Waals surface area contributed by atoms with Crippen LogP contribution in [0.25, 0.3) is 0 Å². The lowest BCUT2D eigenvalue weighted by Gasteiger charge is -2.18. The average molecular weight is 468 g/mol. The fourth-order valence-corrected chi connectivity index (χ4v) is 6.18. The molecule has 1 aliphatic heterocycles. The second-order valence-electron chi connectivity index (χ2n) is 6.98. The number of hydrogen-bond acceptors (Lipinski definition) is 7. The number of hydrogen-bond donors (Lipinski definition) is 2. The van der Waals surface area contributed by atoms with Gasteiger partial charge in [-0.3, -0.25) is 14.3 Å². The molecule has 166 valence electrons. The molecule has 0 unspecified atom stereocenters. The van der Waals surface area contributed by atoms with Crippen molar-refractivity contribution in [1.82, 2.24) is 0 Å². The van der Waals surface area contributed by atoms with Gasteiger partial charge in [0.05, 0.1) is 24.5 Å². The maximum atomic E-state index is 13.0. The topological polar surface area (TPSA) is 139 Å². The summed E-state index contributed by atoms with van der Waals surface area (Å²) in [5.41, 5.74) is 0.610. The van der Waals surface area contributed by atoms with E-state index < -0.39 is 31.9 Å². The predicted molar refractivity (Wildman–Crippen MR) is 115 cm³/mol. The summed E-state index contributed by atoms with van der Waals surface area (Å²) in [6, 6.07) is 9.63. The van der Waals surface area contributed by atoms with Crippen LogP contribution in [0.4, 0.5) is 17.1 Å². The zero-order valence-electron chi connectivity index (χ0n) is 16.9. The van der Waals surface area contributed by atoms with E-state index in [1.165, 1.54) is 57.4 Å². The second-order valence-corrected chi connectivity index (χ2v) is 10.5. The van der Waals surface area contributed by atoms with Crippen molar-refractivity contribution in [3.05, 3.63) is 42.5 Å². The summed E-state index contributed by atoms with van der Waals surface area (Å²) in [6.45, 7) is 2.84. The van der Waals surface area contributed by atoms with Crippen molar-refractivity contribution in [2.24, 2.45) is 5.92 Å². The minimum Gasteiger partial charge on any atom is -0.495 e. The molecule has 2 aromatic rings. The van der Waals surface area contributed by atoms with Crippen molar-refractivity contribution in [2.75, 3.05) is 27.2 Å². The second kappa shape index (κ2) is 8.19. The number of carbonyl (C=O) groups excluding carboxylic acids is 2. The first-order chi connectivity index (χ1) is 14.4. The summed E-state index contributed by atoms with van der Waals surface area (Å²) in [4.78, 5) is 23.1. The minimum absolute atomic E-state index is 0.0248. The molecule has 1 saturated heterocycles. The van der Waals surface area contributed by atoms with Crippen LogP contribution in [-0.4, -0.2) is 41.5 Å². The molecule has 0 saturated carbocycles. The number of rotatable bonds is 6. The summed E-state index contributed by atoms with van der Waals surface area (Å²) >= 11 is 0. The van der Waals surface area contributed by atoms with Gasteiger partial charge in [-0.15, -0.1) is 0 Å². The van der Waals surface area contributed by atoms with Crippen LogP contribution < -0.4 is 19.1 Å². The molecule has 3 rings (SSSR count). The molecule has 1 heterocycles. The van der Waals surface area contributed by atoms with E-state index >= 15 is 0 Å². The number of sulfonamides is 2. The fraction of sp³-hybridized carbons (Fsp3) is 0.263. The molecule has 0 bridgehead atoms. The molecule has 0 spiro atoms. The van der Waals surface area contributed by atoms with Gasteiger partial charge in [0.2, 0.25) is 21.8 Å². The Kier molecular flexibility index (Phi) is 5.96. The third-order valence-corrected chi connectivity index (χ3v) is 7.76. The van der Waals surface area contributed by atoms with Crippen LogP contribution in [0.2, 0.25) is 0 Å². The van der Waals surface area contributed by atoms with Gasteiger partial charge in [-0.05, 0) is 42.5 Å². The molecule has 1 fully saturated rings. The number of amides is 2. The van der Waals surface area contributed by atoms with Gasteiger partial charge in [0, 0.05) is 18.3 Å². The van der Waals surface area contributed by atoms with Gasteiger partial charge >= 0.3 is 0 Å². The van der Waals surface area contributed by atoms with E-state index in [-0.39, 0.29) is 33.7 Å². The van der Waals surface area contributed by atoms with E-state index in [0.717, 1.165) is 6.07 Å². The summed E-state index contributed by atoms with van der Waals surface area (Å²) < 4.78 is 58.9. The maximum Gasteiger partial charge on any atom is 0.265 e. The lowest BCUT2D eigenvalue weighted by Crippen LogP contribution is -2.30. The Bertz CT molecular complexity index is 1240. The van der Waals surface area contributed by atoms with E-state index in [2.05, 4.69) is 10.0 Å². The van der Waals surface area contributed by atoms with Crippen molar-refractivity contribution < 1.29 is 31.2 Å². The smallest absolute Gasteiger partial charge is 0.265 e. The first kappa shape index (κ1) is 22.6. The van der Waals surface area contributed by atoms with Crippen molar-refractivity contribution in [3.8, 4) is 5.75 Å². The molecular formula is C19H21N3O7S2. The Morgan fingerprint density at radius 1 is 1.13 bits per heavy atom. The Hall–Kier alpha value is -3.12. The highest BCUT2D eigenvalue weighted by Gasteiger charge is 2.42. The number of anilines is 3. The zero-order valence-corrected chi connectivity index (χ0v) is 18.6. The van der Waals surface area contributed by atoms with Gasteiger partial charge in [-0.1, -0.05) is 6.92 Å². The molecule has 2 N–H and O–H groups in total. The van der Waals surface area contributed by atoms with Crippen LogP contribution in [-0.2, 0) is 29.6 Å².